The topological polar surface area (TPSA) is 24.4 Å². The molecule has 19 heavy (non-hydrogen) atoms. The number of hydrogen-bond acceptors (Lipinski definition) is 2. The first-order chi connectivity index (χ1) is 9.08. The van der Waals surface area contributed by atoms with Crippen LogP contribution in [0.4, 0.5) is 0 Å². The number of hydrogen-bond donors (Lipinski definition) is 1. The number of nitrogens with zero attached hydrogens (tertiary/aromatic N) is 1. The summed E-state index contributed by atoms with van der Waals surface area (Å²) < 4.78 is 0. The van der Waals surface area contributed by atoms with Crippen LogP contribution in [0.25, 0.3) is 0 Å². The van der Waals surface area contributed by atoms with E-state index in [-0.39, 0.29) is 5.54 Å². The number of aliphatic imine (C=N–C) groups is 1. The number of allylic oxidation sites excluding steroid dienone is 3. The van der Waals surface area contributed by atoms with Gasteiger partial charge in [0.2, 0.25) is 0 Å². The maximum absolute atomic E-state index is 5.03. The fourth-order valence-electron chi connectivity index (χ4n) is 3.40. The molecule has 0 aromatic heterocycles. The molecule has 0 amide bonds. The first kappa shape index (κ1) is 14.1. The van der Waals surface area contributed by atoms with Crippen molar-refractivity contribution in [2.45, 2.75) is 52.5 Å². The van der Waals surface area contributed by atoms with Crippen molar-refractivity contribution in [1.82, 2.24) is 5.32 Å². The summed E-state index contributed by atoms with van der Waals surface area (Å²) in [7, 11) is 0. The summed E-state index contributed by atoms with van der Waals surface area (Å²) in [5.41, 5.74) is 2.52. The monoisotopic (exact) mass is 258 g/mol. The van der Waals surface area contributed by atoms with Gasteiger partial charge in [-0.3, -0.25) is 4.99 Å². The van der Waals surface area contributed by atoms with E-state index in [0.29, 0.717) is 5.92 Å². The summed E-state index contributed by atoms with van der Waals surface area (Å²) in [5.74, 6) is 2.51. The molecule has 0 radical (unpaired) electrons. The Balaban J connectivity index is 2.54. The zero-order valence-electron chi connectivity index (χ0n) is 12.7. The summed E-state index contributed by atoms with van der Waals surface area (Å²) in [4.78, 5) is 5.03. The Labute approximate surface area is 117 Å². The summed E-state index contributed by atoms with van der Waals surface area (Å²) in [6.45, 7) is 12.7. The second kappa shape index (κ2) is 5.36. The molecular formula is C17H26N2. The van der Waals surface area contributed by atoms with Crippen molar-refractivity contribution in [3.05, 3.63) is 36.1 Å². The molecule has 1 N–H and O–H groups in total. The molecule has 0 saturated heterocycles. The van der Waals surface area contributed by atoms with Crippen LogP contribution in [0.3, 0.4) is 0 Å². The Bertz CT molecular complexity index is 456. The average molecular weight is 258 g/mol. The second-order valence-electron chi connectivity index (χ2n) is 5.76. The van der Waals surface area contributed by atoms with E-state index in [4.69, 9.17) is 4.99 Å². The van der Waals surface area contributed by atoms with Gasteiger partial charge in [-0.2, -0.15) is 0 Å². The van der Waals surface area contributed by atoms with Crippen LogP contribution >= 0.6 is 0 Å². The van der Waals surface area contributed by atoms with Crippen molar-refractivity contribution in [1.29, 1.82) is 0 Å². The van der Waals surface area contributed by atoms with Crippen molar-refractivity contribution in [3.63, 3.8) is 0 Å². The van der Waals surface area contributed by atoms with E-state index in [1.807, 2.05) is 6.08 Å². The van der Waals surface area contributed by atoms with Gasteiger partial charge < -0.3 is 5.32 Å². The highest BCUT2D eigenvalue weighted by Crippen LogP contribution is 2.54. The highest BCUT2D eigenvalue weighted by Gasteiger charge is 2.53. The highest BCUT2D eigenvalue weighted by atomic mass is 15.1. The van der Waals surface area contributed by atoms with Gasteiger partial charge in [0.15, 0.2) is 0 Å². The molecule has 2 nitrogen and oxygen atoms in total. The minimum Gasteiger partial charge on any atom is -0.344 e. The van der Waals surface area contributed by atoms with E-state index in [9.17, 15) is 0 Å². The molecule has 3 atom stereocenters. The van der Waals surface area contributed by atoms with E-state index in [1.54, 1.807) is 0 Å². The molecule has 2 aliphatic rings. The fourth-order valence-corrected chi connectivity index (χ4v) is 3.40. The van der Waals surface area contributed by atoms with E-state index in [2.05, 4.69) is 51.7 Å². The van der Waals surface area contributed by atoms with Crippen LogP contribution < -0.4 is 5.32 Å². The molecule has 3 unspecified atom stereocenters. The molecule has 1 saturated carbocycles. The average Bonchev–Trinajstić information content (AvgIpc) is 3.10. The lowest BCUT2D eigenvalue weighted by molar-refractivity contribution is 0.400. The third-order valence-electron chi connectivity index (χ3n) is 4.39. The van der Waals surface area contributed by atoms with Crippen LogP contribution in [0.1, 0.15) is 47.0 Å². The molecule has 1 fully saturated rings. The molecule has 2 rings (SSSR count). The fraction of sp³-hybridized carbons (Fsp3) is 0.588. The number of amidine groups is 1. The van der Waals surface area contributed by atoms with Crippen LogP contribution in [0, 0.1) is 11.8 Å². The zero-order valence-corrected chi connectivity index (χ0v) is 12.7. The van der Waals surface area contributed by atoms with Crippen molar-refractivity contribution >= 4 is 5.84 Å². The van der Waals surface area contributed by atoms with E-state index >= 15 is 0 Å². The Morgan fingerprint density at radius 2 is 2.16 bits per heavy atom. The molecule has 0 spiro atoms. The lowest BCUT2D eigenvalue weighted by atomic mass is 9.78. The minimum absolute atomic E-state index is 0.0378. The molecule has 0 aromatic rings. The highest BCUT2D eigenvalue weighted by molar-refractivity contribution is 5.85. The van der Waals surface area contributed by atoms with Crippen molar-refractivity contribution in [3.8, 4) is 0 Å². The Morgan fingerprint density at radius 3 is 2.63 bits per heavy atom. The standard InChI is InChI=1S/C17H26N2/c1-6-9-14-16(10-7-2)18-13(5)19-17(14,8-3)15-11-12(15)4/h6,9-10,12,15H,1,7-8,11H2,2-5H3,(H,18,19)/b14-9+,16-10+. The number of rotatable bonds is 4. The molecular weight excluding hydrogens is 232 g/mol. The molecule has 0 bridgehead atoms. The zero-order chi connectivity index (χ0) is 14.0. The van der Waals surface area contributed by atoms with Gasteiger partial charge in [-0.25, -0.2) is 0 Å². The summed E-state index contributed by atoms with van der Waals surface area (Å²) in [6, 6.07) is 0. The minimum atomic E-state index is -0.0378. The molecule has 1 aliphatic carbocycles. The Morgan fingerprint density at radius 1 is 1.47 bits per heavy atom. The summed E-state index contributed by atoms with van der Waals surface area (Å²) in [6.07, 6.45) is 9.70. The third kappa shape index (κ3) is 2.41. The van der Waals surface area contributed by atoms with Crippen LogP contribution in [0.5, 0.6) is 0 Å². The Kier molecular flexibility index (Phi) is 3.98. The maximum Gasteiger partial charge on any atom is 0.0986 e. The molecule has 1 heterocycles. The van der Waals surface area contributed by atoms with Gasteiger partial charge in [0, 0.05) is 11.3 Å². The predicted molar refractivity (Wildman–Crippen MR) is 83.2 cm³/mol. The third-order valence-corrected chi connectivity index (χ3v) is 4.39. The first-order valence-electron chi connectivity index (χ1n) is 7.46. The molecule has 1 aliphatic heterocycles. The van der Waals surface area contributed by atoms with E-state index in [0.717, 1.165) is 24.6 Å². The number of nitrogens with one attached hydrogen (secondary N) is 1. The van der Waals surface area contributed by atoms with Gasteiger partial charge in [0.25, 0.3) is 0 Å². The maximum atomic E-state index is 5.03. The first-order valence-corrected chi connectivity index (χ1v) is 7.46. The van der Waals surface area contributed by atoms with Crippen LogP contribution in [-0.4, -0.2) is 11.4 Å². The van der Waals surface area contributed by atoms with Gasteiger partial charge in [0.1, 0.15) is 0 Å². The summed E-state index contributed by atoms with van der Waals surface area (Å²) >= 11 is 0. The van der Waals surface area contributed by atoms with Gasteiger partial charge in [-0.15, -0.1) is 0 Å². The smallest absolute Gasteiger partial charge is 0.0986 e. The summed E-state index contributed by atoms with van der Waals surface area (Å²) in [5, 5.41) is 3.43. The lowest BCUT2D eigenvalue weighted by Crippen LogP contribution is -2.43. The SMILES string of the molecule is C=C/C=C1\C(=C/CC)NC(C)=NC1(CC)C1CC1C. The lowest BCUT2D eigenvalue weighted by Gasteiger charge is -2.38. The van der Waals surface area contributed by atoms with Crippen molar-refractivity contribution in [2.75, 3.05) is 0 Å². The van der Waals surface area contributed by atoms with Crippen molar-refractivity contribution in [2.24, 2.45) is 16.8 Å². The van der Waals surface area contributed by atoms with Gasteiger partial charge in [-0.05, 0) is 38.0 Å². The Hall–Kier alpha value is -1.31. The van der Waals surface area contributed by atoms with E-state index < -0.39 is 0 Å². The van der Waals surface area contributed by atoms with E-state index in [1.165, 1.54) is 17.7 Å². The molecule has 0 aromatic carbocycles. The van der Waals surface area contributed by atoms with Gasteiger partial charge in [-0.1, -0.05) is 45.6 Å². The molecule has 2 heteroatoms. The van der Waals surface area contributed by atoms with Crippen LogP contribution in [0.2, 0.25) is 0 Å². The normalized spacial score (nSPS) is 38.0. The second-order valence-corrected chi connectivity index (χ2v) is 5.76. The molecule has 104 valence electrons. The van der Waals surface area contributed by atoms with Crippen LogP contribution in [-0.2, 0) is 0 Å². The van der Waals surface area contributed by atoms with Gasteiger partial charge >= 0.3 is 0 Å². The van der Waals surface area contributed by atoms with Crippen molar-refractivity contribution < 1.29 is 0 Å². The predicted octanol–water partition coefficient (Wildman–Crippen LogP) is 4.22. The van der Waals surface area contributed by atoms with Crippen LogP contribution in [0.15, 0.2) is 41.1 Å². The largest absolute Gasteiger partial charge is 0.344 e. The van der Waals surface area contributed by atoms with Gasteiger partial charge in [0.05, 0.1) is 11.4 Å². The quantitative estimate of drug-likeness (QED) is 0.802.